The smallest absolute Gasteiger partial charge is 0.403 e. The second-order valence-corrected chi connectivity index (χ2v) is 8.48. The Morgan fingerprint density at radius 2 is 1.85 bits per heavy atom. The summed E-state index contributed by atoms with van der Waals surface area (Å²) < 4.78 is 12.3. The van der Waals surface area contributed by atoms with E-state index < -0.39 is 0 Å². The number of piperidine rings is 1. The van der Waals surface area contributed by atoms with Gasteiger partial charge in [-0.2, -0.15) is 0 Å². The number of urea groups is 1. The van der Waals surface area contributed by atoms with Crippen molar-refractivity contribution in [2.75, 3.05) is 13.1 Å². The lowest BCUT2D eigenvalue weighted by molar-refractivity contribution is 0.00578. The zero-order valence-corrected chi connectivity index (χ0v) is 16.5. The van der Waals surface area contributed by atoms with Crippen LogP contribution in [0.5, 0.6) is 0 Å². The molecule has 0 aliphatic carbocycles. The number of likely N-dealkylation sites (tertiary alicyclic amines) is 1. The number of pyridine rings is 1. The number of carbonyl (C=O) groups is 1. The number of hydrogen-bond acceptors (Lipinski definition) is 4. The Bertz CT molecular complexity index is 641. The van der Waals surface area contributed by atoms with Gasteiger partial charge < -0.3 is 19.5 Å². The monoisotopic (exact) mass is 359 g/mol. The van der Waals surface area contributed by atoms with E-state index >= 15 is 0 Å². The lowest BCUT2D eigenvalue weighted by Crippen LogP contribution is -2.45. The van der Waals surface area contributed by atoms with Crippen LogP contribution in [0.2, 0.25) is 5.82 Å². The molecule has 142 valence electrons. The maximum Gasteiger partial charge on any atom is 0.461 e. The molecule has 3 rings (SSSR count). The highest BCUT2D eigenvalue weighted by molar-refractivity contribution is 6.47. The Labute approximate surface area is 156 Å². The fourth-order valence-corrected chi connectivity index (χ4v) is 3.46. The zero-order chi connectivity index (χ0) is 18.9. The SMILES string of the molecule is Cc1cncc(CNC(=O)N2CCC(B3OC(C)(C)C(C)(C)O3)CC2)c1. The quantitative estimate of drug-likeness (QED) is 0.842. The first-order valence-corrected chi connectivity index (χ1v) is 9.47. The molecule has 1 aromatic rings. The van der Waals surface area contributed by atoms with Crippen molar-refractivity contribution >= 4 is 13.1 Å². The van der Waals surface area contributed by atoms with Crippen LogP contribution in [0.3, 0.4) is 0 Å². The van der Waals surface area contributed by atoms with Gasteiger partial charge in [-0.05, 0) is 64.4 Å². The average molecular weight is 359 g/mol. The summed E-state index contributed by atoms with van der Waals surface area (Å²) in [6, 6.07) is 2.02. The first-order valence-electron chi connectivity index (χ1n) is 9.47. The first-order chi connectivity index (χ1) is 12.2. The van der Waals surface area contributed by atoms with Crippen LogP contribution >= 0.6 is 0 Å². The van der Waals surface area contributed by atoms with Gasteiger partial charge in [-0.25, -0.2) is 4.79 Å². The van der Waals surface area contributed by atoms with E-state index in [0.717, 1.165) is 37.1 Å². The summed E-state index contributed by atoms with van der Waals surface area (Å²) in [5, 5.41) is 2.99. The summed E-state index contributed by atoms with van der Waals surface area (Å²) >= 11 is 0. The molecule has 2 saturated heterocycles. The molecule has 26 heavy (non-hydrogen) atoms. The molecule has 0 atom stereocenters. The molecule has 2 fully saturated rings. The molecule has 2 amide bonds. The molecule has 2 aliphatic heterocycles. The predicted octanol–water partition coefficient (Wildman–Crippen LogP) is 3.16. The van der Waals surface area contributed by atoms with Gasteiger partial charge >= 0.3 is 13.1 Å². The highest BCUT2D eigenvalue weighted by Crippen LogP contribution is 2.42. The number of nitrogens with one attached hydrogen (secondary N) is 1. The fraction of sp³-hybridized carbons (Fsp3) is 0.684. The van der Waals surface area contributed by atoms with Crippen molar-refractivity contribution in [1.82, 2.24) is 15.2 Å². The van der Waals surface area contributed by atoms with E-state index in [2.05, 4.69) is 38.0 Å². The van der Waals surface area contributed by atoms with Crippen molar-refractivity contribution < 1.29 is 14.1 Å². The highest BCUT2D eigenvalue weighted by Gasteiger charge is 2.53. The van der Waals surface area contributed by atoms with Gasteiger partial charge in [-0.1, -0.05) is 6.07 Å². The topological polar surface area (TPSA) is 63.7 Å². The molecule has 0 saturated carbocycles. The molecule has 0 aromatic carbocycles. The Morgan fingerprint density at radius 3 is 2.42 bits per heavy atom. The maximum absolute atomic E-state index is 12.4. The number of rotatable bonds is 3. The number of amides is 2. The normalized spacial score (nSPS) is 22.5. The number of aromatic nitrogens is 1. The molecular formula is C19H30BN3O3. The molecule has 0 spiro atoms. The van der Waals surface area contributed by atoms with Gasteiger partial charge in [-0.3, -0.25) is 4.98 Å². The minimum absolute atomic E-state index is 0.0149. The number of carbonyl (C=O) groups excluding carboxylic acids is 1. The Kier molecular flexibility index (Phi) is 5.31. The van der Waals surface area contributed by atoms with Crippen molar-refractivity contribution in [2.24, 2.45) is 0 Å². The van der Waals surface area contributed by atoms with Crippen molar-refractivity contribution in [2.45, 2.75) is 71.0 Å². The summed E-state index contributed by atoms with van der Waals surface area (Å²) in [5.41, 5.74) is 1.52. The third-order valence-corrected chi connectivity index (χ3v) is 5.86. The second-order valence-electron chi connectivity index (χ2n) is 8.48. The summed E-state index contributed by atoms with van der Waals surface area (Å²) in [6.07, 6.45) is 5.40. The van der Waals surface area contributed by atoms with Crippen molar-refractivity contribution in [3.8, 4) is 0 Å². The van der Waals surface area contributed by atoms with Gasteiger partial charge in [-0.15, -0.1) is 0 Å². The average Bonchev–Trinajstić information content (AvgIpc) is 2.81. The van der Waals surface area contributed by atoms with Gasteiger partial charge in [0, 0.05) is 32.0 Å². The molecule has 7 heteroatoms. The number of aryl methyl sites for hydroxylation is 1. The molecule has 6 nitrogen and oxygen atoms in total. The summed E-state index contributed by atoms with van der Waals surface area (Å²) in [4.78, 5) is 18.5. The maximum atomic E-state index is 12.4. The van der Waals surface area contributed by atoms with Crippen LogP contribution in [0.25, 0.3) is 0 Å². The van der Waals surface area contributed by atoms with E-state index in [0.29, 0.717) is 12.4 Å². The van der Waals surface area contributed by atoms with Gasteiger partial charge in [0.2, 0.25) is 0 Å². The van der Waals surface area contributed by atoms with E-state index in [4.69, 9.17) is 9.31 Å². The van der Waals surface area contributed by atoms with Gasteiger partial charge in [0.15, 0.2) is 0 Å². The van der Waals surface area contributed by atoms with E-state index in [1.165, 1.54) is 0 Å². The molecule has 0 unspecified atom stereocenters. The van der Waals surface area contributed by atoms with Crippen LogP contribution in [0, 0.1) is 6.92 Å². The minimum atomic E-state index is -0.298. The minimum Gasteiger partial charge on any atom is -0.403 e. The first kappa shape index (κ1) is 19.2. The van der Waals surface area contributed by atoms with Crippen LogP contribution in [0.4, 0.5) is 4.79 Å². The number of nitrogens with zero attached hydrogens (tertiary/aromatic N) is 2. The van der Waals surface area contributed by atoms with Gasteiger partial charge in [0.1, 0.15) is 0 Å². The summed E-state index contributed by atoms with van der Waals surface area (Å²) in [7, 11) is -0.177. The lowest BCUT2D eigenvalue weighted by atomic mass is 9.67. The van der Waals surface area contributed by atoms with Gasteiger partial charge in [0.25, 0.3) is 0 Å². The molecule has 0 bridgehead atoms. The summed E-state index contributed by atoms with van der Waals surface area (Å²) in [5.74, 6) is 0.334. The van der Waals surface area contributed by atoms with Crippen LogP contribution in [-0.2, 0) is 15.9 Å². The fourth-order valence-electron chi connectivity index (χ4n) is 3.46. The van der Waals surface area contributed by atoms with E-state index in [9.17, 15) is 4.79 Å². The molecule has 3 heterocycles. The Balaban J connectivity index is 1.47. The zero-order valence-electron chi connectivity index (χ0n) is 16.5. The predicted molar refractivity (Wildman–Crippen MR) is 102 cm³/mol. The van der Waals surface area contributed by atoms with Crippen molar-refractivity contribution in [3.63, 3.8) is 0 Å². The Hall–Kier alpha value is -1.60. The third kappa shape index (κ3) is 4.04. The largest absolute Gasteiger partial charge is 0.461 e. The molecule has 0 radical (unpaired) electrons. The van der Waals surface area contributed by atoms with Crippen LogP contribution in [0.1, 0.15) is 51.7 Å². The highest BCUT2D eigenvalue weighted by atomic mass is 16.7. The molecule has 1 N–H and O–H groups in total. The third-order valence-electron chi connectivity index (χ3n) is 5.86. The molecule has 2 aliphatic rings. The summed E-state index contributed by atoms with van der Waals surface area (Å²) in [6.45, 7) is 12.3. The molecule has 1 aromatic heterocycles. The lowest BCUT2D eigenvalue weighted by Gasteiger charge is -2.32. The van der Waals surface area contributed by atoms with E-state index in [-0.39, 0.29) is 24.4 Å². The Morgan fingerprint density at radius 1 is 1.23 bits per heavy atom. The van der Waals surface area contributed by atoms with Gasteiger partial charge in [0.05, 0.1) is 11.2 Å². The molecular weight excluding hydrogens is 329 g/mol. The van der Waals surface area contributed by atoms with Crippen molar-refractivity contribution in [3.05, 3.63) is 29.6 Å². The second kappa shape index (κ2) is 7.20. The van der Waals surface area contributed by atoms with E-state index in [1.807, 2.05) is 24.1 Å². The van der Waals surface area contributed by atoms with E-state index in [1.54, 1.807) is 6.20 Å². The standard InChI is InChI=1S/C19H30BN3O3/c1-14-10-15(12-21-11-14)13-22-17(24)23-8-6-16(7-9-23)20-25-18(2,3)19(4,5)26-20/h10-12,16H,6-9,13H2,1-5H3,(H,22,24). The van der Waals surface area contributed by atoms with Crippen LogP contribution in [-0.4, -0.2) is 47.3 Å². The van der Waals surface area contributed by atoms with Crippen LogP contribution < -0.4 is 5.32 Å². The van der Waals surface area contributed by atoms with Crippen LogP contribution in [0.15, 0.2) is 18.5 Å². The van der Waals surface area contributed by atoms with Crippen molar-refractivity contribution in [1.29, 1.82) is 0 Å². The number of hydrogen-bond donors (Lipinski definition) is 1.